The molecular formula is C4H6GeO4. The summed E-state index contributed by atoms with van der Waals surface area (Å²) in [7, 11) is 0. The molecule has 0 bridgehead atoms. The number of carbonyl (C=O) groups is 2. The molecule has 0 amide bonds. The molecule has 50 valence electrons. The van der Waals surface area contributed by atoms with E-state index in [1.807, 2.05) is 0 Å². The van der Waals surface area contributed by atoms with Crippen LogP contribution in [0.1, 0.15) is 13.8 Å². The fourth-order valence-corrected chi connectivity index (χ4v) is 0.718. The van der Waals surface area contributed by atoms with Gasteiger partial charge in [-0.05, 0) is 0 Å². The molecule has 0 saturated heterocycles. The predicted octanol–water partition coefficient (Wildman–Crippen LogP) is -0.353. The Morgan fingerprint density at radius 3 is 1.67 bits per heavy atom. The van der Waals surface area contributed by atoms with Crippen LogP contribution >= 0.6 is 0 Å². The van der Waals surface area contributed by atoms with E-state index in [-0.39, 0.29) is 0 Å². The Labute approximate surface area is 59.7 Å². The standard InChI is InChI=1S/C4H6GeO4/c1-3(6)8-5-9-4(2)7/h1-2H3. The summed E-state index contributed by atoms with van der Waals surface area (Å²) in [5.74, 6) is -0.812. The van der Waals surface area contributed by atoms with Crippen molar-refractivity contribution in [3.8, 4) is 0 Å². The van der Waals surface area contributed by atoms with Crippen LogP contribution in [0.4, 0.5) is 0 Å². The molecule has 5 heteroatoms. The summed E-state index contributed by atoms with van der Waals surface area (Å²) < 4.78 is 8.79. The zero-order valence-electron chi connectivity index (χ0n) is 5.13. The molecule has 0 fully saturated rings. The van der Waals surface area contributed by atoms with Crippen molar-refractivity contribution in [1.29, 1.82) is 0 Å². The van der Waals surface area contributed by atoms with E-state index in [0.29, 0.717) is 0 Å². The van der Waals surface area contributed by atoms with Crippen LogP contribution in [-0.2, 0) is 17.1 Å². The fraction of sp³-hybridized carbons (Fsp3) is 0.500. The van der Waals surface area contributed by atoms with Crippen LogP contribution in [0, 0.1) is 0 Å². The van der Waals surface area contributed by atoms with Crippen molar-refractivity contribution in [3.63, 3.8) is 0 Å². The first-order chi connectivity index (χ1) is 4.13. The summed E-state index contributed by atoms with van der Waals surface area (Å²) in [5.41, 5.74) is 0. The first-order valence-corrected chi connectivity index (χ1v) is 3.94. The normalized spacial score (nSPS) is 8.22. The number of rotatable bonds is 2. The van der Waals surface area contributed by atoms with E-state index in [0.717, 1.165) is 0 Å². The van der Waals surface area contributed by atoms with Crippen LogP contribution in [0.25, 0.3) is 0 Å². The van der Waals surface area contributed by atoms with Crippen LogP contribution in [-0.4, -0.2) is 28.0 Å². The first kappa shape index (κ1) is 8.48. The van der Waals surface area contributed by atoms with Gasteiger partial charge in [0.05, 0.1) is 0 Å². The molecule has 0 spiro atoms. The summed E-state index contributed by atoms with van der Waals surface area (Å²) >= 11 is -1.27. The van der Waals surface area contributed by atoms with Crippen molar-refractivity contribution in [2.24, 2.45) is 0 Å². The van der Waals surface area contributed by atoms with Crippen LogP contribution in [0.2, 0.25) is 0 Å². The number of hydrogen-bond donors (Lipinski definition) is 0. The minimum atomic E-state index is -1.27. The van der Waals surface area contributed by atoms with Gasteiger partial charge >= 0.3 is 59.0 Å². The van der Waals surface area contributed by atoms with Crippen LogP contribution in [0.5, 0.6) is 0 Å². The molecular weight excluding hydrogens is 185 g/mol. The van der Waals surface area contributed by atoms with E-state index < -0.39 is 28.0 Å². The third-order valence-electron chi connectivity index (χ3n) is 0.371. The Morgan fingerprint density at radius 1 is 1.11 bits per heavy atom. The van der Waals surface area contributed by atoms with Gasteiger partial charge in [0.25, 0.3) is 0 Å². The van der Waals surface area contributed by atoms with Gasteiger partial charge in [-0.25, -0.2) is 0 Å². The summed E-state index contributed by atoms with van der Waals surface area (Å²) in [6.45, 7) is 2.54. The van der Waals surface area contributed by atoms with Crippen molar-refractivity contribution in [2.75, 3.05) is 0 Å². The zero-order chi connectivity index (χ0) is 7.28. The van der Waals surface area contributed by atoms with E-state index in [9.17, 15) is 9.59 Å². The monoisotopic (exact) mass is 192 g/mol. The van der Waals surface area contributed by atoms with E-state index >= 15 is 0 Å². The van der Waals surface area contributed by atoms with Crippen LogP contribution < -0.4 is 0 Å². The van der Waals surface area contributed by atoms with Gasteiger partial charge in [-0.1, -0.05) is 0 Å². The average molecular weight is 191 g/mol. The second kappa shape index (κ2) is 4.37. The summed E-state index contributed by atoms with van der Waals surface area (Å²) in [6.07, 6.45) is 0. The van der Waals surface area contributed by atoms with Gasteiger partial charge in [-0.15, -0.1) is 0 Å². The molecule has 0 heterocycles. The summed E-state index contributed by atoms with van der Waals surface area (Å²) in [4.78, 5) is 20.1. The maximum absolute atomic E-state index is 10.0. The van der Waals surface area contributed by atoms with Gasteiger partial charge < -0.3 is 0 Å². The Morgan fingerprint density at radius 2 is 1.44 bits per heavy atom. The molecule has 0 aliphatic rings. The van der Waals surface area contributed by atoms with Crippen LogP contribution in [0.3, 0.4) is 0 Å². The van der Waals surface area contributed by atoms with Crippen molar-refractivity contribution >= 4 is 28.0 Å². The molecule has 0 aliphatic heterocycles. The second-order valence-electron chi connectivity index (χ2n) is 1.27. The minimum absolute atomic E-state index is 0.406. The van der Waals surface area contributed by atoms with E-state index in [1.165, 1.54) is 13.8 Å². The first-order valence-electron chi connectivity index (χ1n) is 2.22. The predicted molar refractivity (Wildman–Crippen MR) is 29.3 cm³/mol. The fourth-order valence-electron chi connectivity index (χ4n) is 0.138. The molecule has 9 heavy (non-hydrogen) atoms. The molecule has 0 rings (SSSR count). The van der Waals surface area contributed by atoms with Crippen LogP contribution in [0.15, 0.2) is 0 Å². The molecule has 2 radical (unpaired) electrons. The molecule has 0 aromatic rings. The Hall–Kier alpha value is -0.517. The molecule has 0 saturated carbocycles. The number of hydrogen-bond acceptors (Lipinski definition) is 4. The van der Waals surface area contributed by atoms with Gasteiger partial charge in [-0.3, -0.25) is 0 Å². The van der Waals surface area contributed by atoms with Gasteiger partial charge in [0.15, 0.2) is 0 Å². The van der Waals surface area contributed by atoms with E-state index in [4.69, 9.17) is 0 Å². The third-order valence-corrected chi connectivity index (χ3v) is 1.93. The Kier molecular flexibility index (Phi) is 4.12. The molecule has 0 atom stereocenters. The molecule has 0 aliphatic carbocycles. The average Bonchev–Trinajstić information content (AvgIpc) is 1.63. The Bertz CT molecular complexity index is 108. The van der Waals surface area contributed by atoms with Crippen molar-refractivity contribution in [3.05, 3.63) is 0 Å². The topological polar surface area (TPSA) is 52.6 Å². The molecule has 0 N–H and O–H groups in total. The molecule has 0 aromatic heterocycles. The van der Waals surface area contributed by atoms with Crippen molar-refractivity contribution < 1.29 is 17.1 Å². The SMILES string of the molecule is CC(=O)[O][Ge][O]C(C)=O. The van der Waals surface area contributed by atoms with Gasteiger partial charge in [-0.2, -0.15) is 0 Å². The zero-order valence-corrected chi connectivity index (χ0v) is 7.23. The van der Waals surface area contributed by atoms with E-state index in [1.54, 1.807) is 0 Å². The second-order valence-corrected chi connectivity index (χ2v) is 2.48. The quantitative estimate of drug-likeness (QED) is 0.559. The van der Waals surface area contributed by atoms with Gasteiger partial charge in [0.2, 0.25) is 0 Å². The molecule has 0 aromatic carbocycles. The summed E-state index contributed by atoms with van der Waals surface area (Å²) in [6, 6.07) is 0. The van der Waals surface area contributed by atoms with Gasteiger partial charge in [0, 0.05) is 0 Å². The summed E-state index contributed by atoms with van der Waals surface area (Å²) in [5, 5.41) is 0. The van der Waals surface area contributed by atoms with Gasteiger partial charge in [0.1, 0.15) is 0 Å². The molecule has 4 nitrogen and oxygen atoms in total. The van der Waals surface area contributed by atoms with E-state index in [2.05, 4.69) is 7.53 Å². The molecule has 0 unspecified atom stereocenters. The third kappa shape index (κ3) is 7.48. The Balaban J connectivity index is 3.10. The van der Waals surface area contributed by atoms with Crippen molar-refractivity contribution in [1.82, 2.24) is 0 Å². The maximum atomic E-state index is 10.0. The van der Waals surface area contributed by atoms with Crippen molar-refractivity contribution in [2.45, 2.75) is 13.8 Å². The number of carbonyl (C=O) groups excluding carboxylic acids is 2.